The maximum absolute atomic E-state index is 5.78. The Bertz CT molecular complexity index is 107. The zero-order chi connectivity index (χ0) is 6.43. The third-order valence-corrected chi connectivity index (χ3v) is 2.59. The lowest BCUT2D eigenvalue weighted by Crippen LogP contribution is -2.49. The SMILES string of the molecule is NC1C2CCC(N2)C1N. The van der Waals surface area contributed by atoms with Crippen molar-refractivity contribution in [3.05, 3.63) is 0 Å². The fourth-order valence-electron chi connectivity index (χ4n) is 1.94. The molecule has 2 bridgehead atoms. The Kier molecular flexibility index (Phi) is 1.06. The predicted molar refractivity (Wildman–Crippen MR) is 35.9 cm³/mol. The molecule has 0 aromatic rings. The maximum atomic E-state index is 5.78. The Balaban J connectivity index is 2.15. The van der Waals surface area contributed by atoms with Crippen LogP contribution in [-0.4, -0.2) is 24.2 Å². The summed E-state index contributed by atoms with van der Waals surface area (Å²) in [6.45, 7) is 0. The van der Waals surface area contributed by atoms with Crippen molar-refractivity contribution in [2.24, 2.45) is 11.5 Å². The molecule has 2 rings (SSSR count). The highest BCUT2D eigenvalue weighted by Gasteiger charge is 2.43. The van der Waals surface area contributed by atoms with E-state index in [1.54, 1.807) is 0 Å². The first kappa shape index (κ1) is 5.65. The van der Waals surface area contributed by atoms with Gasteiger partial charge in [-0.1, -0.05) is 0 Å². The van der Waals surface area contributed by atoms with E-state index in [-0.39, 0.29) is 12.1 Å². The van der Waals surface area contributed by atoms with Gasteiger partial charge in [0.15, 0.2) is 0 Å². The van der Waals surface area contributed by atoms with E-state index in [2.05, 4.69) is 5.32 Å². The van der Waals surface area contributed by atoms with Gasteiger partial charge in [0.1, 0.15) is 0 Å². The van der Waals surface area contributed by atoms with Gasteiger partial charge in [-0.25, -0.2) is 0 Å². The first-order chi connectivity index (χ1) is 4.29. The molecule has 3 nitrogen and oxygen atoms in total. The van der Waals surface area contributed by atoms with Crippen LogP contribution in [0.3, 0.4) is 0 Å². The number of rotatable bonds is 0. The molecule has 2 aliphatic rings. The molecule has 4 atom stereocenters. The fourth-order valence-corrected chi connectivity index (χ4v) is 1.94. The summed E-state index contributed by atoms with van der Waals surface area (Å²) in [5.74, 6) is 0. The highest BCUT2D eigenvalue weighted by atomic mass is 15.1. The second kappa shape index (κ2) is 1.68. The van der Waals surface area contributed by atoms with Crippen LogP contribution in [-0.2, 0) is 0 Å². The van der Waals surface area contributed by atoms with Crippen LogP contribution in [0.1, 0.15) is 12.8 Å². The summed E-state index contributed by atoms with van der Waals surface area (Å²) in [5, 5.41) is 3.38. The molecule has 0 spiro atoms. The van der Waals surface area contributed by atoms with Crippen molar-refractivity contribution in [2.45, 2.75) is 37.0 Å². The summed E-state index contributed by atoms with van der Waals surface area (Å²) in [6, 6.07) is 1.46. The minimum atomic E-state index is 0.212. The molecule has 2 saturated heterocycles. The van der Waals surface area contributed by atoms with E-state index in [1.165, 1.54) is 12.8 Å². The molecule has 5 N–H and O–H groups in total. The Morgan fingerprint density at radius 3 is 1.67 bits per heavy atom. The summed E-state index contributed by atoms with van der Waals surface area (Å²) in [4.78, 5) is 0. The van der Waals surface area contributed by atoms with Crippen molar-refractivity contribution >= 4 is 0 Å². The Morgan fingerprint density at radius 1 is 1.00 bits per heavy atom. The van der Waals surface area contributed by atoms with Crippen molar-refractivity contribution in [2.75, 3.05) is 0 Å². The maximum Gasteiger partial charge on any atom is 0.0363 e. The standard InChI is InChI=1S/C6H13N3/c7-5-3-1-2-4(9-3)6(5)8/h3-6,9H,1-2,7-8H2. The van der Waals surface area contributed by atoms with E-state index in [4.69, 9.17) is 11.5 Å². The van der Waals surface area contributed by atoms with Gasteiger partial charge in [-0.2, -0.15) is 0 Å². The van der Waals surface area contributed by atoms with Crippen molar-refractivity contribution in [1.82, 2.24) is 5.32 Å². The van der Waals surface area contributed by atoms with E-state index in [9.17, 15) is 0 Å². The predicted octanol–water partition coefficient (Wildman–Crippen LogP) is -1.22. The number of hydrogen-bond donors (Lipinski definition) is 3. The molecule has 2 aliphatic heterocycles. The van der Waals surface area contributed by atoms with Crippen molar-refractivity contribution in [3.63, 3.8) is 0 Å². The van der Waals surface area contributed by atoms with E-state index in [0.717, 1.165) is 0 Å². The first-order valence-corrected chi connectivity index (χ1v) is 3.56. The normalized spacial score (nSPS) is 56.7. The molecule has 0 amide bonds. The Labute approximate surface area is 54.8 Å². The van der Waals surface area contributed by atoms with Gasteiger partial charge in [0.25, 0.3) is 0 Å². The van der Waals surface area contributed by atoms with Crippen LogP contribution in [0.4, 0.5) is 0 Å². The van der Waals surface area contributed by atoms with Crippen LogP contribution < -0.4 is 16.8 Å². The molecule has 3 heteroatoms. The molecule has 0 aromatic carbocycles. The zero-order valence-corrected chi connectivity index (χ0v) is 5.38. The summed E-state index contributed by atoms with van der Waals surface area (Å²) in [6.07, 6.45) is 2.44. The molecular weight excluding hydrogens is 114 g/mol. The molecule has 9 heavy (non-hydrogen) atoms. The van der Waals surface area contributed by atoms with Gasteiger partial charge in [-0.3, -0.25) is 0 Å². The topological polar surface area (TPSA) is 64.1 Å². The van der Waals surface area contributed by atoms with E-state index in [1.807, 2.05) is 0 Å². The zero-order valence-electron chi connectivity index (χ0n) is 5.38. The van der Waals surface area contributed by atoms with Crippen LogP contribution >= 0.6 is 0 Å². The van der Waals surface area contributed by atoms with Crippen LogP contribution in [0, 0.1) is 0 Å². The molecule has 0 radical (unpaired) electrons. The minimum Gasteiger partial charge on any atom is -0.325 e. The van der Waals surface area contributed by atoms with Crippen molar-refractivity contribution in [3.8, 4) is 0 Å². The summed E-state index contributed by atoms with van der Waals surface area (Å²) >= 11 is 0. The van der Waals surface area contributed by atoms with Crippen molar-refractivity contribution < 1.29 is 0 Å². The molecule has 2 heterocycles. The van der Waals surface area contributed by atoms with Gasteiger partial charge >= 0.3 is 0 Å². The van der Waals surface area contributed by atoms with E-state index >= 15 is 0 Å². The largest absolute Gasteiger partial charge is 0.325 e. The fraction of sp³-hybridized carbons (Fsp3) is 1.00. The third-order valence-electron chi connectivity index (χ3n) is 2.59. The molecule has 2 fully saturated rings. The van der Waals surface area contributed by atoms with Gasteiger partial charge in [0.2, 0.25) is 0 Å². The van der Waals surface area contributed by atoms with Crippen molar-refractivity contribution in [1.29, 1.82) is 0 Å². The summed E-state index contributed by atoms with van der Waals surface area (Å²) in [7, 11) is 0. The quantitative estimate of drug-likeness (QED) is 0.382. The second-order valence-corrected chi connectivity index (χ2v) is 3.11. The van der Waals surface area contributed by atoms with Gasteiger partial charge in [-0.15, -0.1) is 0 Å². The van der Waals surface area contributed by atoms with Gasteiger partial charge in [0.05, 0.1) is 0 Å². The monoisotopic (exact) mass is 127 g/mol. The van der Waals surface area contributed by atoms with E-state index < -0.39 is 0 Å². The van der Waals surface area contributed by atoms with Crippen LogP contribution in [0.2, 0.25) is 0 Å². The van der Waals surface area contributed by atoms with Crippen LogP contribution in [0.5, 0.6) is 0 Å². The third kappa shape index (κ3) is 0.625. The average molecular weight is 127 g/mol. The highest BCUT2D eigenvalue weighted by molar-refractivity contribution is 5.08. The lowest BCUT2D eigenvalue weighted by atomic mass is 9.92. The number of nitrogens with two attached hydrogens (primary N) is 2. The number of hydrogen-bond acceptors (Lipinski definition) is 3. The molecule has 52 valence electrons. The molecule has 4 unspecified atom stereocenters. The smallest absolute Gasteiger partial charge is 0.0363 e. The molecule has 0 aromatic heterocycles. The molecular formula is C6H13N3. The van der Waals surface area contributed by atoms with Gasteiger partial charge < -0.3 is 16.8 Å². The summed E-state index contributed by atoms with van der Waals surface area (Å²) in [5.41, 5.74) is 11.6. The number of fused-ring (bicyclic) bond motifs is 2. The van der Waals surface area contributed by atoms with E-state index in [0.29, 0.717) is 12.1 Å². The van der Waals surface area contributed by atoms with Crippen LogP contribution in [0.15, 0.2) is 0 Å². The Hall–Kier alpha value is -0.120. The van der Waals surface area contributed by atoms with Crippen LogP contribution in [0.25, 0.3) is 0 Å². The minimum absolute atomic E-state index is 0.212. The van der Waals surface area contributed by atoms with Gasteiger partial charge in [-0.05, 0) is 12.8 Å². The summed E-state index contributed by atoms with van der Waals surface area (Å²) < 4.78 is 0. The second-order valence-electron chi connectivity index (χ2n) is 3.11. The number of nitrogens with one attached hydrogen (secondary N) is 1. The molecule has 0 saturated carbocycles. The highest BCUT2D eigenvalue weighted by Crippen LogP contribution is 2.25. The lowest BCUT2D eigenvalue weighted by Gasteiger charge is -2.21. The Morgan fingerprint density at radius 2 is 1.44 bits per heavy atom. The first-order valence-electron chi connectivity index (χ1n) is 3.56. The van der Waals surface area contributed by atoms with Gasteiger partial charge in [0, 0.05) is 24.2 Å². The average Bonchev–Trinajstić information content (AvgIpc) is 2.37. The molecule has 0 aliphatic carbocycles. The lowest BCUT2D eigenvalue weighted by molar-refractivity contribution is 0.442.